The first kappa shape index (κ1) is 14.2. The molecule has 0 aliphatic rings. The van der Waals surface area contributed by atoms with E-state index in [9.17, 15) is 13.6 Å². The summed E-state index contributed by atoms with van der Waals surface area (Å²) in [5, 5.41) is 0. The number of aryl methyl sites for hydroxylation is 2. The fourth-order valence-electron chi connectivity index (χ4n) is 2.04. The second-order valence-electron chi connectivity index (χ2n) is 4.55. The molecule has 0 bridgehead atoms. The van der Waals surface area contributed by atoms with Crippen LogP contribution in [-0.2, 0) is 0 Å². The molecule has 2 rings (SSSR count). The van der Waals surface area contributed by atoms with Crippen LogP contribution >= 0.6 is 0 Å². The third kappa shape index (κ3) is 3.20. The van der Waals surface area contributed by atoms with E-state index in [4.69, 9.17) is 0 Å². The smallest absolute Gasteiger partial charge is 0.387 e. The quantitative estimate of drug-likeness (QED) is 0.785. The molecule has 0 saturated carbocycles. The molecule has 2 aromatic rings. The number of hydrogen-bond acceptors (Lipinski definition) is 2. The molecule has 0 radical (unpaired) electrons. The lowest BCUT2D eigenvalue weighted by molar-refractivity contribution is -0.0498. The van der Waals surface area contributed by atoms with Crippen LogP contribution in [0.15, 0.2) is 42.5 Å². The predicted octanol–water partition coefficient (Wildman–Crippen LogP) is 4.14. The van der Waals surface area contributed by atoms with Gasteiger partial charge in [0, 0.05) is 11.1 Å². The Morgan fingerprint density at radius 3 is 2.50 bits per heavy atom. The number of ketones is 1. The highest BCUT2D eigenvalue weighted by Gasteiger charge is 2.13. The highest BCUT2D eigenvalue weighted by Crippen LogP contribution is 2.20. The average molecular weight is 276 g/mol. The molecule has 0 heterocycles. The van der Waals surface area contributed by atoms with Crippen LogP contribution in [-0.4, -0.2) is 12.4 Å². The van der Waals surface area contributed by atoms with Crippen molar-refractivity contribution in [2.24, 2.45) is 0 Å². The van der Waals surface area contributed by atoms with Crippen LogP contribution in [0.25, 0.3) is 0 Å². The highest BCUT2D eigenvalue weighted by molar-refractivity contribution is 6.10. The monoisotopic (exact) mass is 276 g/mol. The Morgan fingerprint density at radius 1 is 1.10 bits per heavy atom. The summed E-state index contributed by atoms with van der Waals surface area (Å²) in [5.41, 5.74) is 2.81. The largest absolute Gasteiger partial charge is 0.435 e. The van der Waals surface area contributed by atoms with Crippen molar-refractivity contribution in [2.75, 3.05) is 0 Å². The zero-order chi connectivity index (χ0) is 14.7. The minimum Gasteiger partial charge on any atom is -0.435 e. The van der Waals surface area contributed by atoms with Crippen molar-refractivity contribution >= 4 is 5.78 Å². The number of rotatable bonds is 4. The molecule has 0 spiro atoms. The van der Waals surface area contributed by atoms with Gasteiger partial charge in [-0.05, 0) is 31.5 Å². The summed E-state index contributed by atoms with van der Waals surface area (Å²) in [6, 6.07) is 11.3. The Labute approximate surface area is 116 Å². The molecule has 0 amide bonds. The van der Waals surface area contributed by atoms with Gasteiger partial charge in [0.1, 0.15) is 5.75 Å². The first-order valence-corrected chi connectivity index (χ1v) is 6.14. The van der Waals surface area contributed by atoms with Crippen molar-refractivity contribution in [2.45, 2.75) is 20.5 Å². The van der Waals surface area contributed by atoms with Gasteiger partial charge in [-0.1, -0.05) is 35.9 Å². The first-order chi connectivity index (χ1) is 9.47. The minimum atomic E-state index is -2.90. The second kappa shape index (κ2) is 5.82. The van der Waals surface area contributed by atoms with E-state index in [1.807, 2.05) is 26.0 Å². The van der Waals surface area contributed by atoms with Crippen LogP contribution in [0.2, 0.25) is 0 Å². The Kier molecular flexibility index (Phi) is 4.13. The third-order valence-corrected chi connectivity index (χ3v) is 2.95. The molecule has 0 aromatic heterocycles. The third-order valence-electron chi connectivity index (χ3n) is 2.95. The van der Waals surface area contributed by atoms with E-state index in [1.165, 1.54) is 18.2 Å². The van der Waals surface area contributed by atoms with Crippen molar-refractivity contribution in [1.29, 1.82) is 0 Å². The van der Waals surface area contributed by atoms with Gasteiger partial charge in [0.15, 0.2) is 5.78 Å². The van der Waals surface area contributed by atoms with E-state index < -0.39 is 6.61 Å². The van der Waals surface area contributed by atoms with E-state index in [1.54, 1.807) is 12.1 Å². The van der Waals surface area contributed by atoms with Gasteiger partial charge in [-0.2, -0.15) is 8.78 Å². The summed E-state index contributed by atoms with van der Waals surface area (Å²) in [4.78, 5) is 12.4. The molecule has 2 nitrogen and oxygen atoms in total. The van der Waals surface area contributed by atoms with Crippen molar-refractivity contribution < 1.29 is 18.3 Å². The molecule has 0 saturated heterocycles. The number of carbonyl (C=O) groups is 1. The van der Waals surface area contributed by atoms with Crippen molar-refractivity contribution in [1.82, 2.24) is 0 Å². The Hall–Kier alpha value is -2.23. The van der Waals surface area contributed by atoms with Crippen molar-refractivity contribution in [3.05, 3.63) is 64.7 Å². The van der Waals surface area contributed by atoms with Gasteiger partial charge in [-0.3, -0.25) is 4.79 Å². The minimum absolute atomic E-state index is 0.0179. The maximum atomic E-state index is 12.4. The van der Waals surface area contributed by atoms with Crippen LogP contribution in [0.5, 0.6) is 5.75 Å². The lowest BCUT2D eigenvalue weighted by atomic mass is 9.97. The molecule has 0 unspecified atom stereocenters. The number of carbonyl (C=O) groups excluding carboxylic acids is 1. The fourth-order valence-corrected chi connectivity index (χ4v) is 2.04. The molecule has 2 aromatic carbocycles. The van der Waals surface area contributed by atoms with Gasteiger partial charge in [-0.15, -0.1) is 0 Å². The second-order valence-corrected chi connectivity index (χ2v) is 4.55. The topological polar surface area (TPSA) is 26.3 Å². The van der Waals surface area contributed by atoms with E-state index in [-0.39, 0.29) is 11.5 Å². The molecule has 0 atom stereocenters. The summed E-state index contributed by atoms with van der Waals surface area (Å²) in [5.74, 6) is -0.224. The van der Waals surface area contributed by atoms with Crippen LogP contribution in [0, 0.1) is 13.8 Å². The summed E-state index contributed by atoms with van der Waals surface area (Å²) >= 11 is 0. The number of hydrogen-bond donors (Lipinski definition) is 0. The number of halogens is 2. The molecular weight excluding hydrogens is 262 g/mol. The number of benzene rings is 2. The van der Waals surface area contributed by atoms with E-state index in [0.717, 1.165) is 11.1 Å². The standard InChI is InChI=1S/C16H14F2O2/c1-10-6-7-14(11(2)8-10)15(19)12-4-3-5-13(9-12)20-16(17)18/h3-9,16H,1-2H3. The van der Waals surface area contributed by atoms with Gasteiger partial charge >= 0.3 is 6.61 Å². The van der Waals surface area contributed by atoms with E-state index in [2.05, 4.69) is 4.74 Å². The number of ether oxygens (including phenoxy) is 1. The lowest BCUT2D eigenvalue weighted by Gasteiger charge is -2.08. The van der Waals surface area contributed by atoms with Gasteiger partial charge in [0.05, 0.1) is 0 Å². The van der Waals surface area contributed by atoms with Crippen LogP contribution < -0.4 is 4.74 Å². The summed E-state index contributed by atoms with van der Waals surface area (Å²) in [7, 11) is 0. The molecule has 4 heteroatoms. The molecule has 0 aliphatic heterocycles. The summed E-state index contributed by atoms with van der Waals surface area (Å²) < 4.78 is 28.7. The van der Waals surface area contributed by atoms with Gasteiger partial charge in [0.25, 0.3) is 0 Å². The average Bonchev–Trinajstić information content (AvgIpc) is 2.37. The molecule has 0 N–H and O–H groups in total. The van der Waals surface area contributed by atoms with Gasteiger partial charge < -0.3 is 4.74 Å². The van der Waals surface area contributed by atoms with Crippen LogP contribution in [0.1, 0.15) is 27.0 Å². The van der Waals surface area contributed by atoms with E-state index >= 15 is 0 Å². The zero-order valence-corrected chi connectivity index (χ0v) is 11.2. The Bertz CT molecular complexity index is 636. The predicted molar refractivity (Wildman–Crippen MR) is 72.4 cm³/mol. The highest BCUT2D eigenvalue weighted by atomic mass is 19.3. The molecule has 0 aliphatic carbocycles. The van der Waals surface area contributed by atoms with Crippen molar-refractivity contribution in [3.63, 3.8) is 0 Å². The molecule has 20 heavy (non-hydrogen) atoms. The summed E-state index contributed by atoms with van der Waals surface area (Å²) in [6.07, 6.45) is 0. The normalized spacial score (nSPS) is 10.7. The van der Waals surface area contributed by atoms with Crippen LogP contribution in [0.3, 0.4) is 0 Å². The lowest BCUT2D eigenvalue weighted by Crippen LogP contribution is -2.06. The SMILES string of the molecule is Cc1ccc(C(=O)c2cccc(OC(F)F)c2)c(C)c1. The first-order valence-electron chi connectivity index (χ1n) is 6.14. The van der Waals surface area contributed by atoms with E-state index in [0.29, 0.717) is 11.1 Å². The van der Waals surface area contributed by atoms with Crippen LogP contribution in [0.4, 0.5) is 8.78 Å². The Morgan fingerprint density at radius 2 is 1.85 bits per heavy atom. The maximum Gasteiger partial charge on any atom is 0.387 e. The molecule has 0 fully saturated rings. The van der Waals surface area contributed by atoms with Crippen molar-refractivity contribution in [3.8, 4) is 5.75 Å². The summed E-state index contributed by atoms with van der Waals surface area (Å²) in [6.45, 7) is 0.888. The number of alkyl halides is 2. The Balaban J connectivity index is 2.33. The maximum absolute atomic E-state index is 12.4. The fraction of sp³-hybridized carbons (Fsp3) is 0.188. The molecule has 104 valence electrons. The van der Waals surface area contributed by atoms with Gasteiger partial charge in [0.2, 0.25) is 0 Å². The molecular formula is C16H14F2O2. The zero-order valence-electron chi connectivity index (χ0n) is 11.2. The van der Waals surface area contributed by atoms with Gasteiger partial charge in [-0.25, -0.2) is 0 Å².